The average Bonchev–Trinajstić information content (AvgIpc) is 3.47. The molecular weight excluding hydrogens is 1120 g/mol. The van der Waals surface area contributed by atoms with Crippen LogP contribution < -0.4 is 10.6 Å². The summed E-state index contributed by atoms with van der Waals surface area (Å²) >= 11 is 0. The van der Waals surface area contributed by atoms with Crippen molar-refractivity contribution in [2.24, 2.45) is 0 Å². The lowest BCUT2D eigenvalue weighted by molar-refractivity contribution is -0.408. The van der Waals surface area contributed by atoms with Crippen molar-refractivity contribution < 1.29 is 168 Å². The first-order valence-electron chi connectivity index (χ1n) is 26.3. The van der Waals surface area contributed by atoms with Gasteiger partial charge in [0.05, 0.1) is 45.2 Å². The van der Waals surface area contributed by atoms with Crippen LogP contribution in [0, 0.1) is 0 Å². The summed E-state index contributed by atoms with van der Waals surface area (Å²) < 4.78 is 77.5. The Morgan fingerprint density at radius 2 is 0.695 bits per heavy atom. The molecule has 36 nitrogen and oxygen atoms in total. The zero-order valence-electron chi connectivity index (χ0n) is 44.4. The number of hydrogen-bond acceptors (Lipinski definition) is 34. The molecule has 82 heavy (non-hydrogen) atoms. The van der Waals surface area contributed by atoms with Crippen molar-refractivity contribution in [2.45, 2.75) is 243 Å². The van der Waals surface area contributed by atoms with E-state index in [0.717, 1.165) is 13.8 Å². The Morgan fingerprint density at radius 3 is 1.22 bits per heavy atom. The van der Waals surface area contributed by atoms with E-state index >= 15 is 0 Å². The highest BCUT2D eigenvalue weighted by atomic mass is 16.8. The Hall–Kier alpha value is -2.34. The van der Waals surface area contributed by atoms with Crippen LogP contribution in [0.25, 0.3) is 0 Å². The van der Waals surface area contributed by atoms with Gasteiger partial charge in [0.15, 0.2) is 44.0 Å². The quantitative estimate of drug-likeness (QED) is 0.0571. The van der Waals surface area contributed by atoms with Gasteiger partial charge in [0.2, 0.25) is 11.8 Å². The van der Waals surface area contributed by atoms with E-state index in [1.54, 1.807) is 0 Å². The number of amides is 2. The van der Waals surface area contributed by atoms with Crippen LogP contribution in [0.2, 0.25) is 0 Å². The number of rotatable bonds is 19. The van der Waals surface area contributed by atoms with E-state index in [4.69, 9.17) is 61.6 Å². The molecule has 21 N–H and O–H groups in total. The van der Waals surface area contributed by atoms with E-state index in [1.165, 1.54) is 13.8 Å². The molecule has 7 aliphatic heterocycles. The van der Waals surface area contributed by atoms with Gasteiger partial charge in [0.25, 0.3) is 0 Å². The molecule has 7 saturated heterocycles. The summed E-state index contributed by atoms with van der Waals surface area (Å²) in [6.45, 7) is -0.779. The maximum absolute atomic E-state index is 13.4. The van der Waals surface area contributed by atoms with Gasteiger partial charge >= 0.3 is 0 Å². The van der Waals surface area contributed by atoms with Crippen LogP contribution >= 0.6 is 0 Å². The lowest BCUT2D eigenvalue weighted by atomic mass is 9.93. The van der Waals surface area contributed by atoms with Crippen molar-refractivity contribution in [3.05, 3.63) is 0 Å². The highest BCUT2D eigenvalue weighted by molar-refractivity contribution is 5.73. The molecule has 0 aromatic heterocycles. The first-order chi connectivity index (χ1) is 38.7. The smallest absolute Gasteiger partial charge is 0.217 e. The Bertz CT molecular complexity index is 2030. The van der Waals surface area contributed by atoms with Crippen molar-refractivity contribution >= 4 is 11.8 Å². The Labute approximate surface area is 465 Å². The summed E-state index contributed by atoms with van der Waals surface area (Å²) in [7, 11) is 0. The summed E-state index contributed by atoms with van der Waals surface area (Å²) in [6, 6.07) is -3.74. The Kier molecular flexibility index (Phi) is 23.5. The van der Waals surface area contributed by atoms with Gasteiger partial charge in [0, 0.05) is 13.8 Å². The third kappa shape index (κ3) is 14.1. The van der Waals surface area contributed by atoms with Crippen LogP contribution in [0.5, 0.6) is 0 Å². The third-order valence-corrected chi connectivity index (χ3v) is 15.3. The van der Waals surface area contributed by atoms with Crippen LogP contribution in [0.1, 0.15) is 27.7 Å². The number of carbonyl (C=O) groups excluding carboxylic acids is 2. The van der Waals surface area contributed by atoms with E-state index in [1.807, 2.05) is 0 Å². The molecule has 0 saturated carbocycles. The molecule has 2 amide bonds. The molecule has 7 aliphatic rings. The minimum atomic E-state index is -2.30. The first kappa shape index (κ1) is 67.2. The molecule has 0 aliphatic carbocycles. The zero-order valence-corrected chi connectivity index (χ0v) is 44.4. The van der Waals surface area contributed by atoms with Crippen LogP contribution in [-0.2, 0) is 71.2 Å². The fraction of sp³-hybridized carbons (Fsp3) is 0.957. The third-order valence-electron chi connectivity index (χ3n) is 15.3. The van der Waals surface area contributed by atoms with Crippen LogP contribution in [-0.4, -0.2) is 357 Å². The number of hydrogen-bond donors (Lipinski definition) is 21. The largest absolute Gasteiger partial charge is 0.394 e. The van der Waals surface area contributed by atoms with Gasteiger partial charge in [-0.3, -0.25) is 9.59 Å². The van der Waals surface area contributed by atoms with Crippen molar-refractivity contribution in [2.75, 3.05) is 33.0 Å². The fourth-order valence-electron chi connectivity index (χ4n) is 10.7. The lowest BCUT2D eigenvalue weighted by Crippen LogP contribution is -2.72. The monoisotopic (exact) mass is 1200 g/mol. The maximum atomic E-state index is 13.4. The summed E-state index contributed by atoms with van der Waals surface area (Å²) in [4.78, 5) is 25.9. The summed E-state index contributed by atoms with van der Waals surface area (Å²) in [5, 5.41) is 212. The molecule has 7 heterocycles. The number of ether oxygens (including phenoxy) is 13. The normalized spacial score (nSPS) is 51.3. The molecular formula is C46H78N2O34. The Balaban J connectivity index is 1.33. The molecule has 7 rings (SSSR count). The SMILES string of the molecule is CC(=O)N[C@H]1[C@H](O[C@H]2[C@@H](O)[C@@H](CO)O[C@@H](O[C@@H]3[C@@H](NC(C)=O)[C@H](O[C@H]4[C@@H](O)[C@@H](CO)O[C@@H](O[C@H]5[C@H](O)[C@@H](O)C(O)O[C@@H]5CO)[C@@H]4O)O[C@H](CO)[C@H]3O[C@@H]3O[C@@H](C)[C@@H](O)[C@@H](O)[C@@H]3O)[C@@H]2O[C@@H]2O[C@@H](C)[C@@H](O)[C@@H](O)[C@@H]2O)O[C@H](CO)[C@H](O)[C@@H]1O. The van der Waals surface area contributed by atoms with Gasteiger partial charge in [-0.15, -0.1) is 0 Å². The Morgan fingerprint density at radius 1 is 0.317 bits per heavy atom. The second kappa shape index (κ2) is 28.7. The molecule has 0 bridgehead atoms. The van der Waals surface area contributed by atoms with Gasteiger partial charge in [-0.2, -0.15) is 0 Å². The summed E-state index contributed by atoms with van der Waals surface area (Å²) in [6.07, 6.45) is -64.7. The number of carbonyl (C=O) groups is 2. The standard InChI is InChI=1S/C46H78N2O34/c1-10-21(56)27(62)31(66)43(70-10)78-35-18(9-53)76-42(80-37-24(59)15(6-50)74-45(33(37)68)77-34-17(8-52)72-40(69)30(65)29(34)64)20(48-13(4)55)36(35)79-46-39(82-44-32(67)28(63)22(57)11(2)71-44)38(25(60)16(7-51)75-46)81-41-19(47-12(3)54)26(61)23(58)14(5-49)73-41/h10-11,14-46,49-53,56-69H,5-9H2,1-4H3,(H,47,54)(H,48,55)/t10-,11-,14+,15+,16+,17+,18+,19+,20+,21+,22+,23-,24-,25-,26+,27+,28+,29+,30+,31-,32-,33+,34+,35+,36+,37-,38-,39+,40?,41-,42-,43-,44-,45-,46-/m0/s1. The van der Waals surface area contributed by atoms with E-state index in [0.29, 0.717) is 0 Å². The highest BCUT2D eigenvalue weighted by Crippen LogP contribution is 2.40. The molecule has 476 valence electrons. The summed E-state index contributed by atoms with van der Waals surface area (Å²) in [5.41, 5.74) is 0. The molecule has 7 fully saturated rings. The van der Waals surface area contributed by atoms with Crippen LogP contribution in [0.4, 0.5) is 0 Å². The predicted molar refractivity (Wildman–Crippen MR) is 252 cm³/mol. The molecule has 0 radical (unpaired) electrons. The van der Waals surface area contributed by atoms with Crippen molar-refractivity contribution in [3.63, 3.8) is 0 Å². The van der Waals surface area contributed by atoms with Crippen LogP contribution in [0.3, 0.4) is 0 Å². The second-order valence-electron chi connectivity index (χ2n) is 21.0. The predicted octanol–water partition coefficient (Wildman–Crippen LogP) is -13.9. The van der Waals surface area contributed by atoms with E-state index in [9.17, 15) is 107 Å². The molecule has 0 aromatic carbocycles. The second-order valence-corrected chi connectivity index (χ2v) is 21.0. The molecule has 0 aromatic rings. The van der Waals surface area contributed by atoms with Gasteiger partial charge in [-0.05, 0) is 13.8 Å². The van der Waals surface area contributed by atoms with Crippen molar-refractivity contribution in [1.82, 2.24) is 10.6 Å². The molecule has 1 unspecified atom stereocenters. The summed E-state index contributed by atoms with van der Waals surface area (Å²) in [5.74, 6) is -1.80. The maximum Gasteiger partial charge on any atom is 0.217 e. The molecule has 0 spiro atoms. The number of aliphatic hydroxyl groups excluding tert-OH is 19. The van der Waals surface area contributed by atoms with Crippen LogP contribution in [0.15, 0.2) is 0 Å². The number of nitrogens with one attached hydrogen (secondary N) is 2. The van der Waals surface area contributed by atoms with Gasteiger partial charge in [0.1, 0.15) is 159 Å². The highest BCUT2D eigenvalue weighted by Gasteiger charge is 2.60. The minimum Gasteiger partial charge on any atom is -0.394 e. The topological polar surface area (TPSA) is 563 Å². The van der Waals surface area contributed by atoms with E-state index in [-0.39, 0.29) is 0 Å². The zero-order chi connectivity index (χ0) is 60.5. The van der Waals surface area contributed by atoms with Crippen molar-refractivity contribution in [3.8, 4) is 0 Å². The van der Waals surface area contributed by atoms with Crippen molar-refractivity contribution in [1.29, 1.82) is 0 Å². The van der Waals surface area contributed by atoms with Gasteiger partial charge in [-0.25, -0.2) is 0 Å². The van der Waals surface area contributed by atoms with E-state index < -0.39 is 260 Å². The van der Waals surface area contributed by atoms with E-state index in [2.05, 4.69) is 10.6 Å². The fourth-order valence-corrected chi connectivity index (χ4v) is 10.7. The lowest BCUT2D eigenvalue weighted by Gasteiger charge is -2.53. The number of aliphatic hydroxyl groups is 19. The minimum absolute atomic E-state index is 0.830. The van der Waals surface area contributed by atoms with Gasteiger partial charge < -0.3 is 169 Å². The molecule has 36 heteroatoms. The van der Waals surface area contributed by atoms with Gasteiger partial charge in [-0.1, -0.05) is 0 Å². The molecule has 35 atom stereocenters. The first-order valence-corrected chi connectivity index (χ1v) is 26.3. The average molecular weight is 1200 g/mol.